The monoisotopic (exact) mass is 197 g/mol. The summed E-state index contributed by atoms with van der Waals surface area (Å²) in [6.45, 7) is 11.1. The highest BCUT2D eigenvalue weighted by molar-refractivity contribution is 5.85. The van der Waals surface area contributed by atoms with Crippen LogP contribution in [-0.4, -0.2) is 30.3 Å². The molecule has 0 saturated carbocycles. The Hall–Kier alpha value is -0.370. The van der Waals surface area contributed by atoms with E-state index in [1.54, 1.807) is 0 Å². The van der Waals surface area contributed by atoms with E-state index < -0.39 is 0 Å². The average Bonchev–Trinajstić information content (AvgIpc) is 2.07. The van der Waals surface area contributed by atoms with E-state index in [1.807, 2.05) is 20.8 Å². The van der Waals surface area contributed by atoms with Crippen LogP contribution in [0.3, 0.4) is 0 Å². The van der Waals surface area contributed by atoms with Gasteiger partial charge in [-0.3, -0.25) is 9.69 Å². The van der Waals surface area contributed by atoms with Gasteiger partial charge in [0.2, 0.25) is 0 Å². The fourth-order valence-electron chi connectivity index (χ4n) is 1.66. The van der Waals surface area contributed by atoms with Gasteiger partial charge in [-0.25, -0.2) is 0 Å². The van der Waals surface area contributed by atoms with Crippen molar-refractivity contribution in [2.45, 2.75) is 40.5 Å². The zero-order valence-corrected chi connectivity index (χ0v) is 9.97. The minimum Gasteiger partial charge on any atom is -0.298 e. The van der Waals surface area contributed by atoms with Crippen LogP contribution < -0.4 is 0 Å². The molecular weight excluding hydrogens is 174 g/mol. The third-order valence-electron chi connectivity index (χ3n) is 3.08. The van der Waals surface area contributed by atoms with Crippen LogP contribution in [0.4, 0.5) is 0 Å². The van der Waals surface area contributed by atoms with Crippen molar-refractivity contribution in [3.63, 3.8) is 0 Å². The topological polar surface area (TPSA) is 20.3 Å². The number of hydrogen-bond donors (Lipinski definition) is 0. The lowest BCUT2D eigenvalue weighted by Gasteiger charge is -2.31. The maximum Gasteiger partial charge on any atom is 0.152 e. The van der Waals surface area contributed by atoms with E-state index >= 15 is 0 Å². The van der Waals surface area contributed by atoms with Crippen molar-refractivity contribution >= 4 is 5.78 Å². The summed E-state index contributed by atoms with van der Waals surface area (Å²) in [5.74, 6) is 1.21. The highest BCUT2D eigenvalue weighted by Crippen LogP contribution is 2.19. The van der Waals surface area contributed by atoms with E-state index in [9.17, 15) is 4.79 Å². The molecule has 1 aliphatic rings. The Morgan fingerprint density at radius 3 is 2.21 bits per heavy atom. The first-order valence-electron chi connectivity index (χ1n) is 5.65. The van der Waals surface area contributed by atoms with Crippen LogP contribution in [0.15, 0.2) is 0 Å². The third-order valence-corrected chi connectivity index (χ3v) is 3.08. The number of Topliss-reactive ketones (excluding diaryl/α,β-unsaturated/α-hetero) is 1. The number of rotatable bonds is 2. The molecule has 0 aromatic rings. The van der Waals surface area contributed by atoms with Gasteiger partial charge in [-0.15, -0.1) is 0 Å². The molecule has 82 valence electrons. The van der Waals surface area contributed by atoms with Crippen LogP contribution in [0.1, 0.15) is 40.5 Å². The fraction of sp³-hybridized carbons (Fsp3) is 0.917. The SMILES string of the molecule is CC1CCN(CC(=O)C(C)(C)C)CC1. The molecule has 0 amide bonds. The summed E-state index contributed by atoms with van der Waals surface area (Å²) in [4.78, 5) is 14.1. The molecule has 0 unspecified atom stereocenters. The molecule has 2 nitrogen and oxygen atoms in total. The summed E-state index contributed by atoms with van der Waals surface area (Å²) < 4.78 is 0. The largest absolute Gasteiger partial charge is 0.298 e. The van der Waals surface area contributed by atoms with Gasteiger partial charge in [-0.05, 0) is 31.8 Å². The molecule has 1 heterocycles. The van der Waals surface area contributed by atoms with Gasteiger partial charge < -0.3 is 0 Å². The second kappa shape index (κ2) is 4.43. The lowest BCUT2D eigenvalue weighted by atomic mass is 9.90. The van der Waals surface area contributed by atoms with Crippen molar-refractivity contribution < 1.29 is 4.79 Å². The second-order valence-corrected chi connectivity index (χ2v) is 5.63. The molecule has 0 atom stereocenters. The molecule has 1 aliphatic heterocycles. The lowest BCUT2D eigenvalue weighted by molar-refractivity contribution is -0.127. The van der Waals surface area contributed by atoms with Crippen LogP contribution in [0.5, 0.6) is 0 Å². The molecule has 0 aromatic heterocycles. The van der Waals surface area contributed by atoms with Crippen LogP contribution in [0.25, 0.3) is 0 Å². The van der Waals surface area contributed by atoms with E-state index in [2.05, 4.69) is 11.8 Å². The summed E-state index contributed by atoms with van der Waals surface area (Å²) in [5, 5.41) is 0. The smallest absolute Gasteiger partial charge is 0.152 e. The summed E-state index contributed by atoms with van der Waals surface area (Å²) in [5.41, 5.74) is -0.178. The van der Waals surface area contributed by atoms with Crippen molar-refractivity contribution in [2.24, 2.45) is 11.3 Å². The average molecular weight is 197 g/mol. The zero-order valence-electron chi connectivity index (χ0n) is 9.97. The number of carbonyl (C=O) groups is 1. The van der Waals surface area contributed by atoms with E-state index in [-0.39, 0.29) is 5.41 Å². The Kier molecular flexibility index (Phi) is 3.71. The summed E-state index contributed by atoms with van der Waals surface area (Å²) in [6, 6.07) is 0. The Morgan fingerprint density at radius 1 is 1.29 bits per heavy atom. The lowest BCUT2D eigenvalue weighted by Crippen LogP contribution is -2.40. The number of piperidine rings is 1. The van der Waals surface area contributed by atoms with Crippen LogP contribution >= 0.6 is 0 Å². The molecule has 0 aliphatic carbocycles. The maximum atomic E-state index is 11.8. The van der Waals surface area contributed by atoms with Gasteiger partial charge >= 0.3 is 0 Å². The van der Waals surface area contributed by atoms with Gasteiger partial charge in [-0.1, -0.05) is 27.7 Å². The Balaban J connectivity index is 2.35. The molecular formula is C12H23NO. The minimum absolute atomic E-state index is 0.178. The molecule has 0 spiro atoms. The molecule has 0 bridgehead atoms. The molecule has 0 radical (unpaired) electrons. The van der Waals surface area contributed by atoms with Crippen molar-refractivity contribution in [2.75, 3.05) is 19.6 Å². The molecule has 1 rings (SSSR count). The minimum atomic E-state index is -0.178. The predicted molar refractivity (Wildman–Crippen MR) is 59.3 cm³/mol. The molecule has 1 fully saturated rings. The van der Waals surface area contributed by atoms with Crippen LogP contribution in [0.2, 0.25) is 0 Å². The number of likely N-dealkylation sites (tertiary alicyclic amines) is 1. The Morgan fingerprint density at radius 2 is 1.79 bits per heavy atom. The van der Waals surface area contributed by atoms with Gasteiger partial charge in [0.1, 0.15) is 0 Å². The van der Waals surface area contributed by atoms with Gasteiger partial charge in [0.15, 0.2) is 5.78 Å². The summed E-state index contributed by atoms with van der Waals surface area (Å²) in [6.07, 6.45) is 2.49. The number of nitrogens with zero attached hydrogens (tertiary/aromatic N) is 1. The quantitative estimate of drug-likeness (QED) is 0.677. The zero-order chi connectivity index (χ0) is 10.8. The second-order valence-electron chi connectivity index (χ2n) is 5.63. The molecule has 0 aromatic carbocycles. The van der Waals surface area contributed by atoms with Crippen LogP contribution in [0, 0.1) is 11.3 Å². The molecule has 1 saturated heterocycles. The number of carbonyl (C=O) groups excluding carboxylic acids is 1. The van der Waals surface area contributed by atoms with Gasteiger partial charge in [0.25, 0.3) is 0 Å². The first-order chi connectivity index (χ1) is 6.39. The van der Waals surface area contributed by atoms with Gasteiger partial charge in [-0.2, -0.15) is 0 Å². The summed E-state index contributed by atoms with van der Waals surface area (Å²) in [7, 11) is 0. The number of ketones is 1. The van der Waals surface area contributed by atoms with Gasteiger partial charge in [0, 0.05) is 5.41 Å². The normalized spacial score (nSPS) is 21.1. The summed E-state index contributed by atoms with van der Waals surface area (Å²) >= 11 is 0. The van der Waals surface area contributed by atoms with Crippen molar-refractivity contribution in [3.8, 4) is 0 Å². The van der Waals surface area contributed by atoms with Crippen molar-refractivity contribution in [1.29, 1.82) is 0 Å². The van der Waals surface area contributed by atoms with E-state index in [1.165, 1.54) is 12.8 Å². The van der Waals surface area contributed by atoms with Crippen molar-refractivity contribution in [3.05, 3.63) is 0 Å². The fourth-order valence-corrected chi connectivity index (χ4v) is 1.66. The van der Waals surface area contributed by atoms with E-state index in [0.29, 0.717) is 12.3 Å². The molecule has 14 heavy (non-hydrogen) atoms. The first-order valence-corrected chi connectivity index (χ1v) is 5.65. The van der Waals surface area contributed by atoms with Crippen molar-refractivity contribution in [1.82, 2.24) is 4.90 Å². The highest BCUT2D eigenvalue weighted by atomic mass is 16.1. The maximum absolute atomic E-state index is 11.8. The standard InChI is InChI=1S/C12H23NO/c1-10-5-7-13(8-6-10)9-11(14)12(2,3)4/h10H,5-9H2,1-4H3. The highest BCUT2D eigenvalue weighted by Gasteiger charge is 2.25. The predicted octanol–water partition coefficient (Wildman–Crippen LogP) is 2.33. The first kappa shape index (κ1) is 11.7. The van der Waals surface area contributed by atoms with Crippen LogP contribution in [-0.2, 0) is 4.79 Å². The third kappa shape index (κ3) is 3.41. The molecule has 0 N–H and O–H groups in total. The Labute approximate surface area is 87.7 Å². The van der Waals surface area contributed by atoms with E-state index in [4.69, 9.17) is 0 Å². The Bertz CT molecular complexity index is 197. The number of hydrogen-bond acceptors (Lipinski definition) is 2. The van der Waals surface area contributed by atoms with E-state index in [0.717, 1.165) is 19.0 Å². The van der Waals surface area contributed by atoms with Gasteiger partial charge in [0.05, 0.1) is 6.54 Å². The molecule has 2 heteroatoms.